The van der Waals surface area contributed by atoms with E-state index in [0.717, 1.165) is 6.42 Å². The normalized spacial score (nSPS) is 15.4. The molecule has 1 aliphatic rings. The molecule has 0 unspecified atom stereocenters. The monoisotopic (exact) mass is 668 g/mol. The lowest BCUT2D eigenvalue weighted by Crippen LogP contribution is -2.40. The SMILES string of the molecule is CCCC1=C(C(=O)OCC)[C@@H](c2cc(Cl)ccc2OC)n2c(s/c(=C/c3cc(Br)c(O)c(Br)c3)c2=O)=N1. The Morgan fingerprint density at radius 2 is 1.95 bits per heavy atom. The van der Waals surface area contributed by atoms with E-state index in [4.69, 9.17) is 26.1 Å². The third kappa shape index (κ3) is 5.43. The molecule has 1 aliphatic heterocycles. The summed E-state index contributed by atoms with van der Waals surface area (Å²) in [5.74, 6) is 0.00673. The van der Waals surface area contributed by atoms with E-state index in [0.29, 0.717) is 57.9 Å². The highest BCUT2D eigenvalue weighted by Gasteiger charge is 2.36. The van der Waals surface area contributed by atoms with Gasteiger partial charge < -0.3 is 14.6 Å². The number of methoxy groups -OCH3 is 1. The number of halogens is 3. The second-order valence-electron chi connectivity index (χ2n) is 8.13. The number of allylic oxidation sites excluding steroid dienone is 1. The topological polar surface area (TPSA) is 90.1 Å². The maximum atomic E-state index is 13.9. The number of hydrogen-bond acceptors (Lipinski definition) is 7. The molecular weight excluding hydrogens is 648 g/mol. The number of aromatic nitrogens is 1. The van der Waals surface area contributed by atoms with E-state index in [1.807, 2.05) is 6.92 Å². The zero-order chi connectivity index (χ0) is 26.9. The Hall–Kier alpha value is -2.40. The number of carbonyl (C=O) groups excluding carboxylic acids is 1. The summed E-state index contributed by atoms with van der Waals surface area (Å²) in [5, 5.41) is 10.5. The average Bonchev–Trinajstić information content (AvgIpc) is 3.16. The molecule has 0 aliphatic carbocycles. The van der Waals surface area contributed by atoms with Crippen LogP contribution in [-0.4, -0.2) is 29.4 Å². The van der Waals surface area contributed by atoms with E-state index in [2.05, 4.69) is 31.9 Å². The average molecular weight is 671 g/mol. The largest absolute Gasteiger partial charge is 0.506 e. The van der Waals surface area contributed by atoms with Crippen LogP contribution in [0.25, 0.3) is 6.08 Å². The molecule has 0 radical (unpaired) electrons. The molecule has 0 amide bonds. The molecule has 4 rings (SSSR count). The molecule has 7 nitrogen and oxygen atoms in total. The molecule has 2 heterocycles. The highest BCUT2D eigenvalue weighted by molar-refractivity contribution is 9.11. The number of carbonyl (C=O) groups is 1. The van der Waals surface area contributed by atoms with Crippen molar-refractivity contribution in [1.82, 2.24) is 4.57 Å². The third-order valence-electron chi connectivity index (χ3n) is 5.72. The summed E-state index contributed by atoms with van der Waals surface area (Å²) in [4.78, 5) is 32.4. The van der Waals surface area contributed by atoms with Gasteiger partial charge in [0.1, 0.15) is 17.5 Å². The van der Waals surface area contributed by atoms with Crippen molar-refractivity contribution in [2.24, 2.45) is 4.99 Å². The second-order valence-corrected chi connectivity index (χ2v) is 11.3. The standard InChI is InChI=1S/C26H23Br2ClN2O5S/c1-4-6-18-21(25(34)36-5-2)22(15-12-14(29)7-8-19(15)35-3)31-24(33)20(37-26(31)30-18)11-13-9-16(27)23(32)17(28)10-13/h7-12,22,32H,4-6H2,1-3H3/b20-11+/t22-/m1/s1. The van der Waals surface area contributed by atoms with E-state index in [9.17, 15) is 14.7 Å². The van der Waals surface area contributed by atoms with Crippen molar-refractivity contribution >= 4 is 66.8 Å². The van der Waals surface area contributed by atoms with E-state index < -0.39 is 12.0 Å². The van der Waals surface area contributed by atoms with E-state index in [-0.39, 0.29) is 17.9 Å². The summed E-state index contributed by atoms with van der Waals surface area (Å²) in [6, 6.07) is 7.68. The Bertz CT molecular complexity index is 1570. The predicted molar refractivity (Wildman–Crippen MR) is 151 cm³/mol. The first-order valence-corrected chi connectivity index (χ1v) is 14.2. The van der Waals surface area contributed by atoms with Gasteiger partial charge in [-0.05, 0) is 87.2 Å². The first-order valence-electron chi connectivity index (χ1n) is 11.4. The molecule has 1 aromatic heterocycles. The molecular formula is C26H23Br2ClN2O5S. The number of fused-ring (bicyclic) bond motifs is 1. The van der Waals surface area contributed by atoms with Crippen LogP contribution >= 0.6 is 54.8 Å². The predicted octanol–water partition coefficient (Wildman–Crippen LogP) is 5.47. The lowest BCUT2D eigenvalue weighted by atomic mass is 9.93. The van der Waals surface area contributed by atoms with Gasteiger partial charge in [0.2, 0.25) is 0 Å². The van der Waals surface area contributed by atoms with Crippen molar-refractivity contribution in [2.45, 2.75) is 32.7 Å². The minimum absolute atomic E-state index is 0.0648. The van der Waals surface area contributed by atoms with Crippen LogP contribution in [0, 0.1) is 0 Å². The molecule has 0 saturated carbocycles. The number of aromatic hydroxyl groups is 1. The molecule has 1 N–H and O–H groups in total. The number of phenols is 1. The number of esters is 1. The van der Waals surface area contributed by atoms with Crippen LogP contribution in [0.2, 0.25) is 5.02 Å². The zero-order valence-electron chi connectivity index (χ0n) is 20.2. The van der Waals surface area contributed by atoms with Gasteiger partial charge in [-0.3, -0.25) is 9.36 Å². The van der Waals surface area contributed by atoms with E-state index >= 15 is 0 Å². The summed E-state index contributed by atoms with van der Waals surface area (Å²) in [6.07, 6.45) is 2.99. The molecule has 0 spiro atoms. The van der Waals surface area contributed by atoms with Crippen LogP contribution in [-0.2, 0) is 9.53 Å². The number of benzene rings is 2. The van der Waals surface area contributed by atoms with Crippen LogP contribution in [0.1, 0.15) is 43.9 Å². The molecule has 0 fully saturated rings. The Morgan fingerprint density at radius 3 is 2.57 bits per heavy atom. The van der Waals surface area contributed by atoms with Crippen LogP contribution in [0.5, 0.6) is 11.5 Å². The fourth-order valence-electron chi connectivity index (χ4n) is 4.15. The molecule has 3 aromatic rings. The minimum Gasteiger partial charge on any atom is -0.506 e. The maximum absolute atomic E-state index is 13.9. The van der Waals surface area contributed by atoms with Gasteiger partial charge in [0.25, 0.3) is 5.56 Å². The molecule has 0 saturated heterocycles. The zero-order valence-corrected chi connectivity index (χ0v) is 24.9. The minimum atomic E-state index is -0.842. The highest BCUT2D eigenvalue weighted by atomic mass is 79.9. The molecule has 0 bridgehead atoms. The van der Waals surface area contributed by atoms with Gasteiger partial charge in [-0.2, -0.15) is 0 Å². The van der Waals surface area contributed by atoms with Crippen molar-refractivity contribution in [2.75, 3.05) is 13.7 Å². The smallest absolute Gasteiger partial charge is 0.338 e. The Labute approximate surface area is 239 Å². The summed E-state index contributed by atoms with van der Waals surface area (Å²) in [5.41, 5.74) is 1.78. The molecule has 194 valence electrons. The first kappa shape index (κ1) is 27.6. The number of hydrogen-bond donors (Lipinski definition) is 1. The van der Waals surface area contributed by atoms with Crippen molar-refractivity contribution in [3.63, 3.8) is 0 Å². The Morgan fingerprint density at radius 1 is 1.24 bits per heavy atom. The van der Waals surface area contributed by atoms with Gasteiger partial charge in [0.05, 0.1) is 38.5 Å². The molecule has 1 atom stereocenters. The number of phenolic OH excluding ortho intramolecular Hbond substituents is 1. The van der Waals surface area contributed by atoms with E-state index in [1.165, 1.54) is 23.0 Å². The van der Waals surface area contributed by atoms with Gasteiger partial charge in [0, 0.05) is 10.6 Å². The number of ether oxygens (including phenoxy) is 2. The van der Waals surface area contributed by atoms with Crippen LogP contribution in [0.15, 0.2) is 60.3 Å². The van der Waals surface area contributed by atoms with Gasteiger partial charge >= 0.3 is 5.97 Å². The van der Waals surface area contributed by atoms with Crippen molar-refractivity contribution < 1.29 is 19.4 Å². The second kappa shape index (κ2) is 11.6. The maximum Gasteiger partial charge on any atom is 0.338 e. The lowest BCUT2D eigenvalue weighted by molar-refractivity contribution is -0.139. The Balaban J connectivity index is 2.05. The van der Waals surface area contributed by atoms with Gasteiger partial charge in [-0.25, -0.2) is 9.79 Å². The van der Waals surface area contributed by atoms with E-state index in [1.54, 1.807) is 43.3 Å². The van der Waals surface area contributed by atoms with Crippen molar-refractivity contribution in [3.8, 4) is 11.5 Å². The fraction of sp³-hybridized carbons (Fsp3) is 0.269. The molecule has 37 heavy (non-hydrogen) atoms. The fourth-order valence-corrected chi connectivity index (χ4v) is 6.58. The number of rotatable bonds is 7. The highest BCUT2D eigenvalue weighted by Crippen LogP contribution is 2.38. The number of nitrogens with zero attached hydrogens (tertiary/aromatic N) is 2. The van der Waals surface area contributed by atoms with Gasteiger partial charge in [-0.15, -0.1) is 0 Å². The van der Waals surface area contributed by atoms with Crippen molar-refractivity contribution in [3.05, 3.63) is 86.4 Å². The first-order chi connectivity index (χ1) is 17.7. The van der Waals surface area contributed by atoms with Crippen LogP contribution < -0.4 is 19.6 Å². The van der Waals surface area contributed by atoms with Crippen LogP contribution in [0.4, 0.5) is 0 Å². The number of thiazole rings is 1. The van der Waals surface area contributed by atoms with Gasteiger partial charge in [-0.1, -0.05) is 36.3 Å². The summed E-state index contributed by atoms with van der Waals surface area (Å²) in [7, 11) is 1.53. The Kier molecular flexibility index (Phi) is 8.63. The molecule has 11 heteroatoms. The van der Waals surface area contributed by atoms with Gasteiger partial charge in [0.15, 0.2) is 4.80 Å². The quantitative estimate of drug-likeness (QED) is 0.337. The lowest BCUT2D eigenvalue weighted by Gasteiger charge is -2.27. The van der Waals surface area contributed by atoms with Crippen LogP contribution in [0.3, 0.4) is 0 Å². The van der Waals surface area contributed by atoms with Crippen molar-refractivity contribution in [1.29, 1.82) is 0 Å². The summed E-state index contributed by atoms with van der Waals surface area (Å²) >= 11 is 14.2. The summed E-state index contributed by atoms with van der Waals surface area (Å²) in [6.45, 7) is 3.91. The third-order valence-corrected chi connectivity index (χ3v) is 8.14. The molecule has 2 aromatic carbocycles. The summed E-state index contributed by atoms with van der Waals surface area (Å²) < 4.78 is 13.9.